The standard InChI is InChI=1S/C64H96N12O19S2/c1-35-30-76-55(56(35)85)60(89)67-29-44(80)26-46(66-28-37-8-11-40(12-9-37)61-71-72-62(96-61)41-13-15-43(16-14-41)74-22-20-73(21-23-74)31-38-6-4-3-5-7-38)57(86)68-52(36(2)79)63(90)75-32-45(81)27-47(75)58(87)69-53(50(84)24-39-10-17-48(82)51(25-39)95-97(92,93)94)59(88)70-54(64(76)91)49(83)18-19-65-42(33-77)34-78/h10,13-17,25,35-38,40,42,44-47,49-50,52-56,65-66,77-85H,3-9,11-12,18-24,26-34H2,1-2H3,(H,67,89)(H,68,86)(H,69,87)(H,70,88)(H,92,93,94)/t35-,36+,37-,40-,44+,45+,46-,47-,49+,50+,52-,53-,54-,55-,56-/m0/s1. The van der Waals surface area contributed by atoms with Gasteiger partial charge in [-0.2, -0.15) is 8.42 Å². The van der Waals surface area contributed by atoms with E-state index >= 15 is 0 Å². The van der Waals surface area contributed by atoms with Gasteiger partial charge in [0, 0.05) is 88.3 Å². The molecule has 4 saturated heterocycles. The molecule has 6 aliphatic rings. The number of carbonyl (C=O) groups is 6. The lowest BCUT2D eigenvalue weighted by Gasteiger charge is -2.38. The van der Waals surface area contributed by atoms with Crippen molar-refractivity contribution in [2.45, 2.75) is 182 Å². The summed E-state index contributed by atoms with van der Waals surface area (Å²) in [7, 11) is -5.22. The molecule has 2 aromatic carbocycles. The summed E-state index contributed by atoms with van der Waals surface area (Å²) in [6.07, 6.45) is -2.53. The zero-order valence-corrected chi connectivity index (χ0v) is 56.3. The van der Waals surface area contributed by atoms with Crippen LogP contribution in [0.4, 0.5) is 5.69 Å². The van der Waals surface area contributed by atoms with Gasteiger partial charge in [0.15, 0.2) is 11.5 Å². The van der Waals surface area contributed by atoms with Gasteiger partial charge in [0.1, 0.15) is 40.2 Å². The van der Waals surface area contributed by atoms with Gasteiger partial charge in [0.05, 0.1) is 61.9 Å². The lowest BCUT2D eigenvalue weighted by atomic mass is 9.82. The highest BCUT2D eigenvalue weighted by Gasteiger charge is 2.50. The Kier molecular flexibility index (Phi) is 26.4. The predicted octanol–water partition coefficient (Wildman–Crippen LogP) is -2.79. The Morgan fingerprint density at radius 2 is 1.40 bits per heavy atom. The number of piperazine rings is 1. The lowest BCUT2D eigenvalue weighted by molar-refractivity contribution is -0.147. The van der Waals surface area contributed by atoms with Crippen molar-refractivity contribution in [2.75, 3.05) is 83.6 Å². The van der Waals surface area contributed by atoms with Crippen molar-refractivity contribution in [1.82, 2.24) is 56.8 Å². The summed E-state index contributed by atoms with van der Waals surface area (Å²) in [5.74, 6) is -8.17. The maximum atomic E-state index is 15.0. The molecule has 0 radical (unpaired) electrons. The molecule has 5 heterocycles. The minimum atomic E-state index is -5.22. The molecule has 0 unspecified atom stereocenters. The maximum absolute atomic E-state index is 15.0. The average molecular weight is 1400 g/mol. The smallest absolute Gasteiger partial charge is 0.446 e. The van der Waals surface area contributed by atoms with Crippen LogP contribution in [0.5, 0.6) is 11.5 Å². The summed E-state index contributed by atoms with van der Waals surface area (Å²) in [5.41, 5.74) is 2.08. The van der Waals surface area contributed by atoms with Crippen LogP contribution in [0.15, 0.2) is 42.5 Å². The number of nitrogens with one attached hydrogen (secondary N) is 6. The van der Waals surface area contributed by atoms with E-state index in [2.05, 4.69) is 80.3 Å². The van der Waals surface area contributed by atoms with Crippen LogP contribution in [0.1, 0.15) is 107 Å². The van der Waals surface area contributed by atoms with E-state index in [1.54, 1.807) is 11.3 Å². The van der Waals surface area contributed by atoms with E-state index in [0.717, 1.165) is 88.5 Å². The molecule has 4 aliphatic heterocycles. The van der Waals surface area contributed by atoms with Crippen LogP contribution in [0.3, 0.4) is 0 Å². The number of phenolic OH excluding ortho intramolecular Hbond substituents is 1. The first-order valence-corrected chi connectivity index (χ1v) is 35.9. The average Bonchev–Trinajstić information content (AvgIpc) is 1.69. The van der Waals surface area contributed by atoms with Crippen LogP contribution in [0, 0.1) is 17.8 Å². The molecular weight excluding hydrogens is 1300 g/mol. The number of aromatic hydroxyl groups is 1. The van der Waals surface area contributed by atoms with Crippen LogP contribution in [0.25, 0.3) is 10.6 Å². The van der Waals surface area contributed by atoms with Crippen molar-refractivity contribution in [2.24, 2.45) is 17.8 Å². The van der Waals surface area contributed by atoms with Gasteiger partial charge in [0.25, 0.3) is 0 Å². The molecule has 33 heteroatoms. The van der Waals surface area contributed by atoms with E-state index in [9.17, 15) is 87.7 Å². The van der Waals surface area contributed by atoms with E-state index in [-0.39, 0.29) is 37.0 Å². The minimum Gasteiger partial charge on any atom is -0.504 e. The molecule has 0 bridgehead atoms. The Hall–Kier alpha value is -6.31. The Labute approximate surface area is 567 Å². The van der Waals surface area contributed by atoms with Gasteiger partial charge in [-0.15, -0.1) is 10.2 Å². The molecule has 538 valence electrons. The normalized spacial score (nSPS) is 29.2. The quantitative estimate of drug-likeness (QED) is 0.0479. The number of hydrogen-bond acceptors (Lipinski definition) is 25. The minimum absolute atomic E-state index is 0.00648. The molecule has 9 rings (SSSR count). The maximum Gasteiger partial charge on any atom is 0.446 e. The first kappa shape index (κ1) is 74.9. The van der Waals surface area contributed by atoms with Gasteiger partial charge in [0.2, 0.25) is 35.4 Å². The van der Waals surface area contributed by atoms with Gasteiger partial charge in [-0.3, -0.25) is 38.2 Å². The van der Waals surface area contributed by atoms with E-state index in [0.29, 0.717) is 12.8 Å². The van der Waals surface area contributed by atoms with E-state index in [1.165, 1.54) is 58.2 Å². The van der Waals surface area contributed by atoms with E-state index < -0.39 is 194 Å². The number of aliphatic hydroxyl groups is 8. The van der Waals surface area contributed by atoms with Crippen molar-refractivity contribution in [3.63, 3.8) is 0 Å². The summed E-state index contributed by atoms with van der Waals surface area (Å²) in [5, 5.41) is 126. The fourth-order valence-corrected chi connectivity index (χ4v) is 15.5. The highest BCUT2D eigenvalue weighted by atomic mass is 32.3. The van der Waals surface area contributed by atoms with Crippen molar-refractivity contribution in [3.05, 3.63) is 53.0 Å². The largest absolute Gasteiger partial charge is 0.504 e. The number of rotatable bonds is 21. The topological polar surface area (TPSA) is 459 Å². The molecule has 13 atom stereocenters. The van der Waals surface area contributed by atoms with Crippen LogP contribution >= 0.6 is 11.3 Å². The van der Waals surface area contributed by atoms with Crippen molar-refractivity contribution in [3.8, 4) is 22.1 Å². The molecule has 6 amide bonds. The molecule has 2 saturated carbocycles. The number of anilines is 1. The third kappa shape index (κ3) is 19.8. The molecule has 1 aromatic heterocycles. The van der Waals surface area contributed by atoms with Gasteiger partial charge < -0.3 is 96.7 Å². The number of carbonyl (C=O) groups excluding carboxylic acids is 6. The number of β-amino-alcohol motifs (C(OH)–C–C–N with tert-alkyl or cyclic N) is 1. The first-order chi connectivity index (χ1) is 46.3. The third-order valence-electron chi connectivity index (χ3n) is 19.8. The molecule has 2 aliphatic carbocycles. The summed E-state index contributed by atoms with van der Waals surface area (Å²) in [6, 6.07) is -0.255. The molecule has 97 heavy (non-hydrogen) atoms. The number of nitrogens with zero attached hydrogens (tertiary/aromatic N) is 6. The van der Waals surface area contributed by atoms with Gasteiger partial charge in [-0.1, -0.05) is 43.6 Å². The number of aromatic nitrogens is 2. The van der Waals surface area contributed by atoms with Crippen LogP contribution in [-0.2, 0) is 45.6 Å². The summed E-state index contributed by atoms with van der Waals surface area (Å²) in [6.45, 7) is 5.51. The number of aliphatic hydroxyl groups excluding tert-OH is 8. The number of benzene rings is 2. The zero-order chi connectivity index (χ0) is 69.8. The van der Waals surface area contributed by atoms with Gasteiger partial charge >= 0.3 is 10.4 Å². The molecule has 31 nitrogen and oxygen atoms in total. The van der Waals surface area contributed by atoms with Gasteiger partial charge in [-0.05, 0) is 125 Å². The summed E-state index contributed by atoms with van der Waals surface area (Å²) in [4.78, 5) is 95.1. The fourth-order valence-electron chi connectivity index (χ4n) is 14.2. The molecule has 6 fully saturated rings. The Balaban J connectivity index is 0.925. The number of hydrogen-bond donors (Lipinski definition) is 16. The highest BCUT2D eigenvalue weighted by Crippen LogP contribution is 2.39. The fraction of sp³-hybridized carbons (Fsp3) is 0.688. The highest BCUT2D eigenvalue weighted by molar-refractivity contribution is 7.81. The second kappa shape index (κ2) is 34.2. The Morgan fingerprint density at radius 1 is 0.732 bits per heavy atom. The van der Waals surface area contributed by atoms with Crippen molar-refractivity contribution >= 4 is 62.9 Å². The van der Waals surface area contributed by atoms with Gasteiger partial charge in [-0.25, -0.2) is 0 Å². The monoisotopic (exact) mass is 1400 g/mol. The SMILES string of the molecule is C[C@@H](O)[C@@H]1NC(=O)[C@@H](NC[C@H]2CC[C@H](c3nnc(-c4ccc(N5CCN(CC6CCCCC6)CC5)cc4)s3)CC2)C[C@@H](O)CNC(=O)[C@@H]2[C@@H](O)[C@@H](C)CN2C(=O)[C@H]([C@H](O)CCNC(CO)CO)NC(=O)[C@H]([C@H](O)Cc2ccc(O)c(OS(=O)(=O)O)c2)NC(=O)[C@@H]2C[C@@H](O)CN2C1=O. The van der Waals surface area contributed by atoms with Crippen molar-refractivity contribution < 1.29 is 91.9 Å². The second-order valence-corrected chi connectivity index (χ2v) is 29.1. The Morgan fingerprint density at radius 3 is 2.07 bits per heavy atom. The second-order valence-electron chi connectivity index (χ2n) is 27.1. The summed E-state index contributed by atoms with van der Waals surface area (Å²) < 4.78 is 37.1. The van der Waals surface area contributed by atoms with Crippen LogP contribution < -0.4 is 41.0 Å². The van der Waals surface area contributed by atoms with E-state index in [1.807, 2.05) is 0 Å². The van der Waals surface area contributed by atoms with Crippen LogP contribution in [-0.4, -0.2) is 277 Å². The predicted molar refractivity (Wildman–Crippen MR) is 352 cm³/mol. The molecule has 0 spiro atoms. The Bertz CT molecular complexity index is 3260. The van der Waals surface area contributed by atoms with Crippen molar-refractivity contribution in [1.29, 1.82) is 0 Å². The third-order valence-corrected chi connectivity index (χ3v) is 21.3. The molecule has 16 N–H and O–H groups in total. The number of phenols is 1. The number of fused-ring (bicyclic) bond motifs is 2. The lowest BCUT2D eigenvalue weighted by Crippen LogP contribution is -2.64. The van der Waals surface area contributed by atoms with E-state index in [4.69, 9.17) is 0 Å². The zero-order valence-electron chi connectivity index (χ0n) is 54.7. The number of amides is 6. The molecule has 3 aromatic rings. The summed E-state index contributed by atoms with van der Waals surface area (Å²) >= 11 is 1.56. The molecular formula is C64H96N12O19S2. The first-order valence-electron chi connectivity index (χ1n) is 33.7. The van der Waals surface area contributed by atoms with Crippen LogP contribution in [0.2, 0.25) is 0 Å².